The smallest absolute Gasteiger partial charge is 0.334 e. The third kappa shape index (κ3) is 3.57. The molecule has 0 saturated heterocycles. The molecule has 5 aliphatic rings. The van der Waals surface area contributed by atoms with Crippen LogP contribution in [0.25, 0.3) is 0 Å². The van der Waals surface area contributed by atoms with Crippen LogP contribution >= 0.6 is 0 Å². The molecule has 0 N–H and O–H groups in total. The second kappa shape index (κ2) is 8.50. The van der Waals surface area contributed by atoms with Crippen LogP contribution in [-0.4, -0.2) is 35.7 Å². The second-order valence-corrected chi connectivity index (χ2v) is 13.9. The zero-order valence-corrected chi connectivity index (χ0v) is 24.1. The number of esters is 2. The van der Waals surface area contributed by atoms with Crippen molar-refractivity contribution in [3.63, 3.8) is 0 Å². The summed E-state index contributed by atoms with van der Waals surface area (Å²) in [5.41, 5.74) is 0.936. The lowest BCUT2D eigenvalue weighted by Gasteiger charge is -2.58. The molecule has 38 heavy (non-hydrogen) atoms. The van der Waals surface area contributed by atoms with Gasteiger partial charge in [-0.05, 0) is 67.4 Å². The normalized spacial score (nSPS) is 42.2. The fourth-order valence-corrected chi connectivity index (χ4v) is 9.49. The molecule has 0 aromatic rings. The van der Waals surface area contributed by atoms with Crippen molar-refractivity contribution in [2.45, 2.75) is 99.7 Å². The number of carbonyl (C=O) groups excluding carboxylic acids is 4. The molecular formula is C32H42O6. The van der Waals surface area contributed by atoms with E-state index in [1.165, 1.54) is 12.5 Å². The molecule has 0 spiro atoms. The first-order valence-corrected chi connectivity index (χ1v) is 14.1. The summed E-state index contributed by atoms with van der Waals surface area (Å²) in [4.78, 5) is 51.4. The van der Waals surface area contributed by atoms with E-state index >= 15 is 0 Å². The van der Waals surface area contributed by atoms with Gasteiger partial charge in [0, 0.05) is 41.2 Å². The highest BCUT2D eigenvalue weighted by Gasteiger charge is 2.68. The summed E-state index contributed by atoms with van der Waals surface area (Å²) < 4.78 is 11.6. The molecule has 6 heteroatoms. The lowest BCUT2D eigenvalue weighted by Crippen LogP contribution is -2.54. The minimum atomic E-state index is -0.526. The number of ether oxygens (including phenoxy) is 2. The number of Topliss-reactive ketones (excluding diaryl/α,β-unsaturated/α-hetero) is 1. The van der Waals surface area contributed by atoms with Gasteiger partial charge in [-0.3, -0.25) is 14.4 Å². The zero-order chi connectivity index (χ0) is 28.0. The van der Waals surface area contributed by atoms with E-state index in [-0.39, 0.29) is 58.9 Å². The predicted molar refractivity (Wildman–Crippen MR) is 143 cm³/mol. The SMILES string of the molecule is CC(=O)O[C@H]1C[C@@]2(C)C3=C(C(=O)C[C@]2(C)[C@H]1[C@H](C)C[C@@H]1C=C(C)C(=O)O1)[C@@]1(C)C=CC(=O)C(C)(C)[C@@H]1CC3. The Kier molecular flexibility index (Phi) is 6.06. The van der Waals surface area contributed by atoms with Crippen LogP contribution in [0.15, 0.2) is 34.9 Å². The van der Waals surface area contributed by atoms with Crippen molar-refractivity contribution in [2.24, 2.45) is 39.4 Å². The maximum absolute atomic E-state index is 14.2. The van der Waals surface area contributed by atoms with Crippen LogP contribution in [0.5, 0.6) is 0 Å². The van der Waals surface area contributed by atoms with E-state index in [9.17, 15) is 19.2 Å². The Morgan fingerprint density at radius 2 is 1.84 bits per heavy atom. The van der Waals surface area contributed by atoms with Gasteiger partial charge < -0.3 is 9.47 Å². The van der Waals surface area contributed by atoms with Gasteiger partial charge in [-0.1, -0.05) is 53.2 Å². The van der Waals surface area contributed by atoms with Gasteiger partial charge in [0.25, 0.3) is 0 Å². The number of fused-ring (bicyclic) bond motifs is 4. The number of cyclic esters (lactones) is 1. The molecule has 1 fully saturated rings. The first-order chi connectivity index (χ1) is 17.6. The van der Waals surface area contributed by atoms with Crippen LogP contribution in [0.3, 0.4) is 0 Å². The van der Waals surface area contributed by atoms with Gasteiger partial charge >= 0.3 is 11.9 Å². The Balaban J connectivity index is 1.59. The van der Waals surface area contributed by atoms with Gasteiger partial charge in [0.2, 0.25) is 0 Å². The lowest BCUT2D eigenvalue weighted by molar-refractivity contribution is -0.150. The molecule has 0 amide bonds. The average molecular weight is 523 g/mol. The second-order valence-electron chi connectivity index (χ2n) is 13.9. The number of hydrogen-bond donors (Lipinski definition) is 0. The number of carbonyl (C=O) groups is 4. The molecule has 1 saturated carbocycles. The largest absolute Gasteiger partial charge is 0.462 e. The molecular weight excluding hydrogens is 480 g/mol. The molecule has 0 unspecified atom stereocenters. The van der Waals surface area contributed by atoms with Gasteiger partial charge in [0.1, 0.15) is 12.2 Å². The van der Waals surface area contributed by atoms with Crippen molar-refractivity contribution in [1.82, 2.24) is 0 Å². The highest BCUT2D eigenvalue weighted by molar-refractivity contribution is 6.02. The van der Waals surface area contributed by atoms with Gasteiger partial charge in [0.15, 0.2) is 11.6 Å². The van der Waals surface area contributed by atoms with E-state index in [1.54, 1.807) is 13.0 Å². The Bertz CT molecular complexity index is 1220. The van der Waals surface area contributed by atoms with Crippen molar-refractivity contribution in [3.05, 3.63) is 34.9 Å². The highest BCUT2D eigenvalue weighted by atomic mass is 16.5. The van der Waals surface area contributed by atoms with E-state index in [1.807, 2.05) is 26.0 Å². The number of rotatable bonds is 4. The van der Waals surface area contributed by atoms with Crippen LogP contribution in [0.4, 0.5) is 0 Å². The molecule has 5 rings (SSSR count). The van der Waals surface area contributed by atoms with Crippen molar-refractivity contribution in [1.29, 1.82) is 0 Å². The van der Waals surface area contributed by atoms with E-state index in [0.29, 0.717) is 24.8 Å². The first kappa shape index (κ1) is 27.1. The minimum Gasteiger partial charge on any atom is -0.462 e. The molecule has 0 aromatic carbocycles. The molecule has 0 bridgehead atoms. The molecule has 8 atom stereocenters. The Morgan fingerprint density at radius 3 is 2.45 bits per heavy atom. The van der Waals surface area contributed by atoms with Crippen molar-refractivity contribution >= 4 is 23.5 Å². The predicted octanol–water partition coefficient (Wildman–Crippen LogP) is 5.70. The lowest BCUT2D eigenvalue weighted by atomic mass is 9.44. The Labute approximate surface area is 226 Å². The highest BCUT2D eigenvalue weighted by Crippen LogP contribution is 2.71. The number of hydrogen-bond acceptors (Lipinski definition) is 6. The van der Waals surface area contributed by atoms with E-state index < -0.39 is 16.2 Å². The molecule has 1 heterocycles. The summed E-state index contributed by atoms with van der Waals surface area (Å²) >= 11 is 0. The van der Waals surface area contributed by atoms with Crippen LogP contribution < -0.4 is 0 Å². The fraction of sp³-hybridized carbons (Fsp3) is 0.688. The third-order valence-electron chi connectivity index (χ3n) is 11.4. The van der Waals surface area contributed by atoms with Gasteiger partial charge in [0.05, 0.1) is 0 Å². The molecule has 4 aliphatic carbocycles. The summed E-state index contributed by atoms with van der Waals surface area (Å²) in [6.07, 6.45) is 8.20. The minimum absolute atomic E-state index is 0.0548. The number of allylic oxidation sites excluding steroid dienone is 4. The van der Waals surface area contributed by atoms with Crippen LogP contribution in [0.2, 0.25) is 0 Å². The topological polar surface area (TPSA) is 86.7 Å². The summed E-state index contributed by atoms with van der Waals surface area (Å²) in [5, 5.41) is 0. The van der Waals surface area contributed by atoms with Gasteiger partial charge in [-0.15, -0.1) is 0 Å². The fourth-order valence-electron chi connectivity index (χ4n) is 9.49. The zero-order valence-electron chi connectivity index (χ0n) is 24.1. The van der Waals surface area contributed by atoms with Crippen molar-refractivity contribution in [2.75, 3.05) is 0 Å². The van der Waals surface area contributed by atoms with Gasteiger partial charge in [-0.2, -0.15) is 0 Å². The molecule has 206 valence electrons. The molecule has 6 nitrogen and oxygen atoms in total. The monoisotopic (exact) mass is 522 g/mol. The summed E-state index contributed by atoms with van der Waals surface area (Å²) in [6.45, 7) is 16.0. The summed E-state index contributed by atoms with van der Waals surface area (Å²) in [7, 11) is 0. The average Bonchev–Trinajstić information content (AvgIpc) is 3.22. The molecule has 1 aliphatic heterocycles. The summed E-state index contributed by atoms with van der Waals surface area (Å²) in [6, 6.07) is 0. The standard InChI is InChI=1S/C32H42O6/c1-17(13-20-14-18(2)28(36)38-20)26-23(37-19(3)33)16-31(7)21-9-10-24-29(4,5)25(35)11-12-30(24,6)27(21)22(34)15-32(26,31)8/h11-12,14,17,20,23-24,26H,9-10,13,15-16H2,1-8H3/t17-,20-,23+,24+,26+,30+,31+,32-/m1/s1. The molecule has 0 aromatic heterocycles. The Morgan fingerprint density at radius 1 is 1.16 bits per heavy atom. The van der Waals surface area contributed by atoms with Crippen molar-refractivity contribution in [3.8, 4) is 0 Å². The number of ketones is 2. The molecule has 0 radical (unpaired) electrons. The quantitative estimate of drug-likeness (QED) is 0.440. The maximum Gasteiger partial charge on any atom is 0.334 e. The van der Waals surface area contributed by atoms with Crippen LogP contribution in [0.1, 0.15) is 87.5 Å². The third-order valence-corrected chi connectivity index (χ3v) is 11.4. The van der Waals surface area contributed by atoms with Crippen molar-refractivity contribution < 1.29 is 28.7 Å². The van der Waals surface area contributed by atoms with Crippen LogP contribution in [0, 0.1) is 39.4 Å². The van der Waals surface area contributed by atoms with E-state index in [2.05, 4.69) is 27.7 Å². The van der Waals surface area contributed by atoms with Gasteiger partial charge in [-0.25, -0.2) is 4.79 Å². The van der Waals surface area contributed by atoms with Crippen LogP contribution in [-0.2, 0) is 28.7 Å². The summed E-state index contributed by atoms with van der Waals surface area (Å²) in [5.74, 6) is -0.248. The Hall–Kier alpha value is -2.50. The van der Waals surface area contributed by atoms with E-state index in [4.69, 9.17) is 9.47 Å². The first-order valence-electron chi connectivity index (χ1n) is 14.1. The maximum atomic E-state index is 14.2. The van der Waals surface area contributed by atoms with E-state index in [0.717, 1.165) is 18.4 Å².